The Kier molecular flexibility index (Phi) is 6.15. The number of nitrogens with one attached hydrogen (secondary N) is 1. The Morgan fingerprint density at radius 1 is 1.48 bits per heavy atom. The Bertz CT molecular complexity index is 460. The van der Waals surface area contributed by atoms with Crippen molar-refractivity contribution in [1.82, 2.24) is 14.1 Å². The van der Waals surface area contributed by atoms with Gasteiger partial charge in [-0.05, 0) is 0 Å². The van der Waals surface area contributed by atoms with Gasteiger partial charge in [-0.2, -0.15) is 4.37 Å². The maximum absolute atomic E-state index is 8.99. The molecule has 0 aliphatic carbocycles. The van der Waals surface area contributed by atoms with Crippen LogP contribution >= 0.6 is 11.7 Å². The maximum Gasteiger partial charge on any atom is 0.271 e. The van der Waals surface area contributed by atoms with Crippen molar-refractivity contribution in [1.29, 1.82) is 0 Å². The summed E-state index contributed by atoms with van der Waals surface area (Å²) >= 11 is 1.11. The number of hydrogen-bond donors (Lipinski definition) is 2. The van der Waals surface area contributed by atoms with E-state index in [0.29, 0.717) is 37.4 Å². The van der Waals surface area contributed by atoms with Crippen molar-refractivity contribution in [3.8, 4) is 5.88 Å². The average Bonchev–Trinajstić information content (AvgIpc) is 2.96. The van der Waals surface area contributed by atoms with Gasteiger partial charge in [0.05, 0.1) is 24.9 Å². The van der Waals surface area contributed by atoms with Gasteiger partial charge in [-0.15, -0.1) is 4.37 Å². The van der Waals surface area contributed by atoms with Crippen molar-refractivity contribution >= 4 is 23.3 Å². The van der Waals surface area contributed by atoms with Crippen molar-refractivity contribution < 1.29 is 14.7 Å². The first-order valence-corrected chi connectivity index (χ1v) is 7.65. The second-order valence-electron chi connectivity index (χ2n) is 4.98. The minimum atomic E-state index is 0.180. The number of aromatic nitrogens is 2. The third-order valence-electron chi connectivity index (χ3n) is 2.98. The normalized spacial score (nSPS) is 16.5. The van der Waals surface area contributed by atoms with Crippen LogP contribution in [0.4, 0.5) is 5.82 Å². The van der Waals surface area contributed by atoms with E-state index in [1.807, 2.05) is 13.8 Å². The highest BCUT2D eigenvalue weighted by Crippen LogP contribution is 2.26. The largest absolute Gasteiger partial charge is 0.468 e. The van der Waals surface area contributed by atoms with Gasteiger partial charge in [-0.25, -0.2) is 0 Å². The van der Waals surface area contributed by atoms with E-state index in [1.165, 1.54) is 0 Å². The highest BCUT2D eigenvalue weighted by Gasteiger charge is 2.20. The zero-order valence-corrected chi connectivity index (χ0v) is 13.1. The molecule has 1 aliphatic heterocycles. The summed E-state index contributed by atoms with van der Waals surface area (Å²) in [4.78, 5) is 2.09. The van der Waals surface area contributed by atoms with Crippen molar-refractivity contribution in [3.63, 3.8) is 0 Å². The molecule has 0 spiro atoms. The topological polar surface area (TPSA) is 92.1 Å². The molecule has 8 nitrogen and oxygen atoms in total. The standard InChI is InChI=1S/C12H21N5O3S/c1-9(2)13-7-10(14-18)8-20-12-11(15-21-16-12)17-3-5-19-6-4-17/h9,13,18H,3-8H2,1-2H3/b14-10+. The summed E-state index contributed by atoms with van der Waals surface area (Å²) in [7, 11) is 0. The van der Waals surface area contributed by atoms with Crippen molar-refractivity contribution in [2.45, 2.75) is 19.9 Å². The Labute approximate surface area is 128 Å². The van der Waals surface area contributed by atoms with Gasteiger partial charge < -0.3 is 24.9 Å². The van der Waals surface area contributed by atoms with Crippen LogP contribution in [0.1, 0.15) is 13.8 Å². The van der Waals surface area contributed by atoms with E-state index in [9.17, 15) is 0 Å². The summed E-state index contributed by atoms with van der Waals surface area (Å²) in [5, 5.41) is 15.4. The van der Waals surface area contributed by atoms with E-state index >= 15 is 0 Å². The Balaban J connectivity index is 1.89. The highest BCUT2D eigenvalue weighted by atomic mass is 32.1. The number of nitrogens with zero attached hydrogens (tertiary/aromatic N) is 4. The fraction of sp³-hybridized carbons (Fsp3) is 0.750. The Morgan fingerprint density at radius 3 is 2.90 bits per heavy atom. The molecular weight excluding hydrogens is 294 g/mol. The van der Waals surface area contributed by atoms with Crippen LogP contribution in [0.3, 0.4) is 0 Å². The predicted molar refractivity (Wildman–Crippen MR) is 80.8 cm³/mol. The van der Waals surface area contributed by atoms with Crippen LogP contribution < -0.4 is 15.0 Å². The molecular formula is C12H21N5O3S. The van der Waals surface area contributed by atoms with Crippen LogP contribution in [-0.4, -0.2) is 65.2 Å². The summed E-state index contributed by atoms with van der Waals surface area (Å²) in [5.41, 5.74) is 0.518. The summed E-state index contributed by atoms with van der Waals surface area (Å²) in [6.45, 7) is 7.61. The van der Waals surface area contributed by atoms with Crippen LogP contribution in [0.5, 0.6) is 5.88 Å². The average molecular weight is 315 g/mol. The number of rotatable bonds is 7. The van der Waals surface area contributed by atoms with Gasteiger partial charge in [0, 0.05) is 25.7 Å². The summed E-state index contributed by atoms with van der Waals surface area (Å²) < 4.78 is 19.4. The van der Waals surface area contributed by atoms with Gasteiger partial charge in [0.1, 0.15) is 12.3 Å². The zero-order chi connectivity index (χ0) is 15.1. The Hall–Kier alpha value is -1.45. The molecule has 1 fully saturated rings. The van der Waals surface area contributed by atoms with Crippen LogP contribution in [0.2, 0.25) is 0 Å². The van der Waals surface area contributed by atoms with E-state index in [0.717, 1.165) is 30.6 Å². The van der Waals surface area contributed by atoms with E-state index in [1.54, 1.807) is 0 Å². The molecule has 21 heavy (non-hydrogen) atoms. The third kappa shape index (κ3) is 4.80. The lowest BCUT2D eigenvalue weighted by Crippen LogP contribution is -2.37. The van der Waals surface area contributed by atoms with Crippen LogP contribution in [0.15, 0.2) is 5.16 Å². The summed E-state index contributed by atoms with van der Waals surface area (Å²) in [6.07, 6.45) is 0. The van der Waals surface area contributed by atoms with Gasteiger partial charge in [-0.1, -0.05) is 19.0 Å². The van der Waals surface area contributed by atoms with Gasteiger partial charge in [0.2, 0.25) is 5.82 Å². The SMILES string of the molecule is CC(C)NC/C(COc1nsnc1N1CCOCC1)=N\O. The molecule has 2 N–H and O–H groups in total. The zero-order valence-electron chi connectivity index (χ0n) is 12.3. The molecule has 2 heterocycles. The molecule has 0 bridgehead atoms. The van der Waals surface area contributed by atoms with Crippen molar-refractivity contribution in [2.75, 3.05) is 44.4 Å². The summed E-state index contributed by atoms with van der Waals surface area (Å²) in [5.74, 6) is 1.21. The number of hydrogen-bond acceptors (Lipinski definition) is 9. The molecule has 1 aromatic rings. The number of morpholine rings is 1. The Morgan fingerprint density at radius 2 is 2.24 bits per heavy atom. The van der Waals surface area contributed by atoms with Gasteiger partial charge in [-0.3, -0.25) is 0 Å². The van der Waals surface area contributed by atoms with Crippen molar-refractivity contribution in [3.05, 3.63) is 0 Å². The molecule has 0 unspecified atom stereocenters. The van der Waals surface area contributed by atoms with Crippen LogP contribution in [0, 0.1) is 0 Å². The fourth-order valence-electron chi connectivity index (χ4n) is 1.82. The lowest BCUT2D eigenvalue weighted by Gasteiger charge is -2.26. The minimum Gasteiger partial charge on any atom is -0.468 e. The van der Waals surface area contributed by atoms with Crippen molar-refractivity contribution in [2.24, 2.45) is 5.16 Å². The maximum atomic E-state index is 8.99. The molecule has 1 saturated heterocycles. The van der Waals surface area contributed by atoms with E-state index in [-0.39, 0.29) is 6.61 Å². The van der Waals surface area contributed by atoms with Gasteiger partial charge in [0.15, 0.2) is 0 Å². The van der Waals surface area contributed by atoms with Gasteiger partial charge in [0.25, 0.3) is 5.88 Å². The van der Waals surface area contributed by atoms with E-state index in [2.05, 4.69) is 24.1 Å². The first-order chi connectivity index (χ1) is 10.2. The number of ether oxygens (including phenoxy) is 2. The summed E-state index contributed by atoms with van der Waals surface area (Å²) in [6, 6.07) is 0.312. The molecule has 1 aliphatic rings. The van der Waals surface area contributed by atoms with Gasteiger partial charge >= 0.3 is 0 Å². The first kappa shape index (κ1) is 15.9. The molecule has 0 amide bonds. The molecule has 0 saturated carbocycles. The molecule has 118 valence electrons. The number of anilines is 1. The predicted octanol–water partition coefficient (Wildman–Crippen LogP) is 0.582. The fourth-order valence-corrected chi connectivity index (χ4v) is 2.34. The molecule has 0 radical (unpaired) electrons. The molecule has 0 atom stereocenters. The quantitative estimate of drug-likeness (QED) is 0.432. The molecule has 0 aromatic carbocycles. The highest BCUT2D eigenvalue weighted by molar-refractivity contribution is 6.99. The lowest BCUT2D eigenvalue weighted by molar-refractivity contribution is 0.122. The number of oxime groups is 1. The monoisotopic (exact) mass is 315 g/mol. The second-order valence-corrected chi connectivity index (χ2v) is 5.51. The lowest BCUT2D eigenvalue weighted by atomic mass is 10.3. The van der Waals surface area contributed by atoms with E-state index < -0.39 is 0 Å². The third-order valence-corrected chi connectivity index (χ3v) is 3.49. The minimum absolute atomic E-state index is 0.180. The smallest absolute Gasteiger partial charge is 0.271 e. The van der Waals surface area contributed by atoms with E-state index in [4.69, 9.17) is 14.7 Å². The van der Waals surface area contributed by atoms with Crippen LogP contribution in [-0.2, 0) is 4.74 Å². The van der Waals surface area contributed by atoms with Crippen LogP contribution in [0.25, 0.3) is 0 Å². The second kappa shape index (κ2) is 8.11. The molecule has 1 aromatic heterocycles. The molecule has 2 rings (SSSR count). The first-order valence-electron chi connectivity index (χ1n) is 6.92. The molecule has 9 heteroatoms.